The number of rotatable bonds is 3. The van der Waals surface area contributed by atoms with Crippen LogP contribution in [0.1, 0.15) is 5.56 Å². The Morgan fingerprint density at radius 3 is 2.94 bits per heavy atom. The first-order chi connectivity index (χ1) is 8.92. The summed E-state index contributed by atoms with van der Waals surface area (Å²) in [5, 5.41) is 4.61. The van der Waals surface area contributed by atoms with Gasteiger partial charge in [0.2, 0.25) is 0 Å². The fourth-order valence-electron chi connectivity index (χ4n) is 2.49. The van der Waals surface area contributed by atoms with E-state index in [-0.39, 0.29) is 0 Å². The summed E-state index contributed by atoms with van der Waals surface area (Å²) in [5.41, 5.74) is 2.50. The van der Waals surface area contributed by atoms with Crippen molar-refractivity contribution in [2.75, 3.05) is 32.7 Å². The average Bonchev–Trinajstić information content (AvgIpc) is 2.46. The van der Waals surface area contributed by atoms with Crippen LogP contribution >= 0.6 is 0 Å². The monoisotopic (exact) mass is 241 g/mol. The standard InChI is InChI=1S/C15H19N3/c1-2-14-4-3-13(12-15(14)17-6-1)5-9-18-10-7-16-8-11-18/h1-4,6,12,16H,5,7-11H2. The quantitative estimate of drug-likeness (QED) is 0.886. The van der Waals surface area contributed by atoms with Gasteiger partial charge in [0.1, 0.15) is 0 Å². The normalized spacial score (nSPS) is 17.1. The van der Waals surface area contributed by atoms with Crippen LogP contribution in [-0.4, -0.2) is 42.6 Å². The van der Waals surface area contributed by atoms with Crippen molar-refractivity contribution in [1.29, 1.82) is 0 Å². The molecule has 3 heteroatoms. The van der Waals surface area contributed by atoms with E-state index in [0.717, 1.165) is 31.6 Å². The minimum absolute atomic E-state index is 1.11. The van der Waals surface area contributed by atoms with E-state index in [1.165, 1.54) is 24.0 Å². The number of benzene rings is 1. The van der Waals surface area contributed by atoms with Gasteiger partial charge in [-0.25, -0.2) is 0 Å². The molecule has 0 amide bonds. The Kier molecular flexibility index (Phi) is 3.53. The lowest BCUT2D eigenvalue weighted by atomic mass is 10.1. The maximum absolute atomic E-state index is 4.41. The van der Waals surface area contributed by atoms with E-state index in [1.807, 2.05) is 12.3 Å². The highest BCUT2D eigenvalue weighted by atomic mass is 15.2. The Morgan fingerprint density at radius 1 is 1.17 bits per heavy atom. The second-order valence-electron chi connectivity index (χ2n) is 4.87. The van der Waals surface area contributed by atoms with Crippen LogP contribution in [-0.2, 0) is 6.42 Å². The molecule has 1 aliphatic heterocycles. The highest BCUT2D eigenvalue weighted by molar-refractivity contribution is 5.78. The van der Waals surface area contributed by atoms with Crippen molar-refractivity contribution >= 4 is 10.9 Å². The Balaban J connectivity index is 1.66. The number of aromatic nitrogens is 1. The van der Waals surface area contributed by atoms with Crippen LogP contribution in [0.3, 0.4) is 0 Å². The molecule has 0 atom stereocenters. The van der Waals surface area contributed by atoms with E-state index in [1.54, 1.807) is 0 Å². The second-order valence-corrected chi connectivity index (χ2v) is 4.87. The van der Waals surface area contributed by atoms with E-state index >= 15 is 0 Å². The molecule has 1 aliphatic rings. The number of hydrogen-bond acceptors (Lipinski definition) is 3. The summed E-state index contributed by atoms with van der Waals surface area (Å²) in [7, 11) is 0. The van der Waals surface area contributed by atoms with Crippen molar-refractivity contribution in [2.45, 2.75) is 6.42 Å². The molecule has 1 saturated heterocycles. The maximum atomic E-state index is 4.41. The molecule has 1 fully saturated rings. The first kappa shape index (κ1) is 11.6. The van der Waals surface area contributed by atoms with Crippen LogP contribution in [0.15, 0.2) is 36.5 Å². The molecule has 94 valence electrons. The predicted octanol–water partition coefficient (Wildman–Crippen LogP) is 1.68. The maximum Gasteiger partial charge on any atom is 0.0704 e. The molecule has 2 heterocycles. The Bertz CT molecular complexity index is 518. The third kappa shape index (κ3) is 2.68. The largest absolute Gasteiger partial charge is 0.314 e. The fourth-order valence-corrected chi connectivity index (χ4v) is 2.49. The van der Waals surface area contributed by atoms with E-state index in [0.29, 0.717) is 0 Å². The van der Waals surface area contributed by atoms with Crippen LogP contribution in [0, 0.1) is 0 Å². The van der Waals surface area contributed by atoms with Crippen LogP contribution in [0.2, 0.25) is 0 Å². The van der Waals surface area contributed by atoms with Gasteiger partial charge < -0.3 is 10.2 Å². The first-order valence-electron chi connectivity index (χ1n) is 6.68. The van der Waals surface area contributed by atoms with Crippen molar-refractivity contribution in [3.05, 3.63) is 42.1 Å². The van der Waals surface area contributed by atoms with Gasteiger partial charge in [-0.3, -0.25) is 4.98 Å². The average molecular weight is 241 g/mol. The zero-order chi connectivity index (χ0) is 12.2. The van der Waals surface area contributed by atoms with E-state index in [9.17, 15) is 0 Å². The zero-order valence-electron chi connectivity index (χ0n) is 10.6. The molecular weight excluding hydrogens is 222 g/mol. The summed E-state index contributed by atoms with van der Waals surface area (Å²) < 4.78 is 0. The van der Waals surface area contributed by atoms with E-state index in [2.05, 4.69) is 39.5 Å². The SMILES string of the molecule is c1cnc2cc(CCN3CCNCC3)ccc2c1. The van der Waals surface area contributed by atoms with Gasteiger partial charge in [0.15, 0.2) is 0 Å². The predicted molar refractivity (Wildman–Crippen MR) is 74.8 cm³/mol. The minimum atomic E-state index is 1.11. The van der Waals surface area contributed by atoms with Crippen molar-refractivity contribution < 1.29 is 0 Å². The second kappa shape index (κ2) is 5.46. The molecule has 3 nitrogen and oxygen atoms in total. The summed E-state index contributed by atoms with van der Waals surface area (Å²) >= 11 is 0. The number of hydrogen-bond donors (Lipinski definition) is 1. The molecule has 0 aliphatic carbocycles. The zero-order valence-corrected chi connectivity index (χ0v) is 10.6. The molecule has 0 spiro atoms. The van der Waals surface area contributed by atoms with Crippen LogP contribution in [0.5, 0.6) is 0 Å². The number of nitrogens with zero attached hydrogens (tertiary/aromatic N) is 2. The minimum Gasteiger partial charge on any atom is -0.314 e. The van der Waals surface area contributed by atoms with Gasteiger partial charge in [-0.05, 0) is 24.1 Å². The van der Waals surface area contributed by atoms with Gasteiger partial charge in [-0.2, -0.15) is 0 Å². The third-order valence-corrected chi connectivity index (χ3v) is 3.60. The summed E-state index contributed by atoms with van der Waals surface area (Å²) in [6, 6.07) is 10.7. The van der Waals surface area contributed by atoms with Gasteiger partial charge in [-0.15, -0.1) is 0 Å². The fraction of sp³-hybridized carbons (Fsp3) is 0.400. The lowest BCUT2D eigenvalue weighted by Gasteiger charge is -2.27. The van der Waals surface area contributed by atoms with Crippen molar-refractivity contribution in [3.63, 3.8) is 0 Å². The lowest BCUT2D eigenvalue weighted by Crippen LogP contribution is -2.44. The molecule has 1 aromatic heterocycles. The molecule has 2 aromatic rings. The van der Waals surface area contributed by atoms with Gasteiger partial charge in [-0.1, -0.05) is 18.2 Å². The highest BCUT2D eigenvalue weighted by Crippen LogP contribution is 2.13. The molecule has 1 aromatic carbocycles. The Hall–Kier alpha value is -1.45. The molecule has 18 heavy (non-hydrogen) atoms. The summed E-state index contributed by atoms with van der Waals surface area (Å²) in [4.78, 5) is 6.94. The number of fused-ring (bicyclic) bond motifs is 1. The van der Waals surface area contributed by atoms with Crippen LogP contribution in [0.25, 0.3) is 10.9 Å². The molecule has 0 radical (unpaired) electrons. The summed E-state index contributed by atoms with van der Waals surface area (Å²) in [5.74, 6) is 0. The van der Waals surface area contributed by atoms with Gasteiger partial charge >= 0.3 is 0 Å². The van der Waals surface area contributed by atoms with Crippen molar-refractivity contribution in [1.82, 2.24) is 15.2 Å². The van der Waals surface area contributed by atoms with Crippen LogP contribution < -0.4 is 5.32 Å². The van der Waals surface area contributed by atoms with Gasteiger partial charge in [0.25, 0.3) is 0 Å². The number of pyridine rings is 1. The molecule has 0 bridgehead atoms. The molecule has 0 saturated carbocycles. The highest BCUT2D eigenvalue weighted by Gasteiger charge is 2.08. The number of nitrogens with one attached hydrogen (secondary N) is 1. The summed E-state index contributed by atoms with van der Waals surface area (Å²) in [6.45, 7) is 5.75. The molecular formula is C15H19N3. The Morgan fingerprint density at radius 2 is 2.06 bits per heavy atom. The van der Waals surface area contributed by atoms with Crippen molar-refractivity contribution in [2.24, 2.45) is 0 Å². The number of piperazine rings is 1. The van der Waals surface area contributed by atoms with Gasteiger partial charge in [0.05, 0.1) is 5.52 Å². The van der Waals surface area contributed by atoms with Crippen LogP contribution in [0.4, 0.5) is 0 Å². The lowest BCUT2D eigenvalue weighted by molar-refractivity contribution is 0.244. The third-order valence-electron chi connectivity index (χ3n) is 3.60. The van der Waals surface area contributed by atoms with E-state index < -0.39 is 0 Å². The van der Waals surface area contributed by atoms with Crippen molar-refractivity contribution in [3.8, 4) is 0 Å². The molecule has 1 N–H and O–H groups in total. The molecule has 3 rings (SSSR count). The van der Waals surface area contributed by atoms with Gasteiger partial charge in [0, 0.05) is 44.3 Å². The smallest absolute Gasteiger partial charge is 0.0704 e. The molecule has 0 unspecified atom stereocenters. The first-order valence-corrected chi connectivity index (χ1v) is 6.68. The van der Waals surface area contributed by atoms with E-state index in [4.69, 9.17) is 0 Å². The topological polar surface area (TPSA) is 28.2 Å². The Labute approximate surface area is 108 Å². The summed E-state index contributed by atoms with van der Waals surface area (Å²) in [6.07, 6.45) is 2.98.